The van der Waals surface area contributed by atoms with Crippen molar-refractivity contribution < 1.29 is 5.11 Å². The van der Waals surface area contributed by atoms with Gasteiger partial charge in [0, 0.05) is 15.5 Å². The van der Waals surface area contributed by atoms with Crippen LogP contribution in [0, 0.1) is 3.57 Å². The summed E-state index contributed by atoms with van der Waals surface area (Å²) >= 11 is 9.55. The Bertz CT molecular complexity index is 438. The normalized spacial score (nSPS) is 10.8. The number of phenols is 1. The first-order chi connectivity index (χ1) is 5.68. The van der Waals surface area contributed by atoms with Crippen LogP contribution in [0.4, 0.5) is 0 Å². The van der Waals surface area contributed by atoms with Gasteiger partial charge >= 0.3 is 0 Å². The summed E-state index contributed by atoms with van der Waals surface area (Å²) in [5.41, 5.74) is 0. The summed E-state index contributed by atoms with van der Waals surface area (Å²) in [6.07, 6.45) is 0. The Morgan fingerprint density at radius 2 is 2.17 bits per heavy atom. The van der Waals surface area contributed by atoms with Gasteiger partial charge in [-0.05, 0) is 34.7 Å². The number of phenolic OH excluding ortho intramolecular Hbond substituents is 1. The van der Waals surface area contributed by atoms with E-state index in [1.807, 2.05) is 11.4 Å². The standard InChI is InChI=1S/C8H4ClIOS/c9-5-3-12-8-2-7(11)6(10)1-4(5)8/h1-3,11H. The van der Waals surface area contributed by atoms with E-state index < -0.39 is 0 Å². The molecule has 0 atom stereocenters. The van der Waals surface area contributed by atoms with Crippen molar-refractivity contribution in [3.63, 3.8) is 0 Å². The van der Waals surface area contributed by atoms with Crippen LogP contribution >= 0.6 is 45.5 Å². The number of thiophene rings is 1. The van der Waals surface area contributed by atoms with Crippen molar-refractivity contribution in [1.82, 2.24) is 0 Å². The lowest BCUT2D eigenvalue weighted by atomic mass is 10.2. The number of rotatable bonds is 0. The topological polar surface area (TPSA) is 20.2 Å². The molecule has 0 fully saturated rings. The Morgan fingerprint density at radius 1 is 1.42 bits per heavy atom. The first-order valence-electron chi connectivity index (χ1n) is 3.23. The van der Waals surface area contributed by atoms with E-state index >= 15 is 0 Å². The van der Waals surface area contributed by atoms with Crippen LogP contribution in [0.3, 0.4) is 0 Å². The number of benzene rings is 1. The summed E-state index contributed by atoms with van der Waals surface area (Å²) in [4.78, 5) is 0. The van der Waals surface area contributed by atoms with Gasteiger partial charge in [0.05, 0.1) is 8.59 Å². The molecule has 0 aliphatic rings. The molecule has 0 radical (unpaired) electrons. The van der Waals surface area contributed by atoms with Gasteiger partial charge in [0.1, 0.15) is 5.75 Å². The molecule has 0 aliphatic heterocycles. The lowest BCUT2D eigenvalue weighted by Crippen LogP contribution is -1.72. The zero-order chi connectivity index (χ0) is 8.72. The minimum atomic E-state index is 0.321. The van der Waals surface area contributed by atoms with E-state index in [0.29, 0.717) is 5.75 Å². The summed E-state index contributed by atoms with van der Waals surface area (Å²) in [5, 5.41) is 13.0. The monoisotopic (exact) mass is 310 g/mol. The summed E-state index contributed by atoms with van der Waals surface area (Å²) in [6.45, 7) is 0. The molecule has 0 aliphatic carbocycles. The fraction of sp³-hybridized carbons (Fsp3) is 0. The Balaban J connectivity index is 2.87. The molecule has 1 N–H and O–H groups in total. The highest BCUT2D eigenvalue weighted by molar-refractivity contribution is 14.1. The van der Waals surface area contributed by atoms with Gasteiger partial charge in [0.25, 0.3) is 0 Å². The number of hydrogen-bond donors (Lipinski definition) is 1. The minimum absolute atomic E-state index is 0.321. The van der Waals surface area contributed by atoms with E-state index in [-0.39, 0.29) is 0 Å². The van der Waals surface area contributed by atoms with Gasteiger partial charge < -0.3 is 5.11 Å². The van der Waals surface area contributed by atoms with Crippen LogP contribution in [0.25, 0.3) is 10.1 Å². The lowest BCUT2D eigenvalue weighted by molar-refractivity contribution is 0.472. The van der Waals surface area contributed by atoms with Crippen LogP contribution in [0.15, 0.2) is 17.5 Å². The third kappa shape index (κ3) is 1.30. The Morgan fingerprint density at radius 3 is 2.92 bits per heavy atom. The molecule has 1 nitrogen and oxygen atoms in total. The molecule has 0 bridgehead atoms. The van der Waals surface area contributed by atoms with Crippen molar-refractivity contribution in [3.05, 3.63) is 26.1 Å². The maximum Gasteiger partial charge on any atom is 0.130 e. The molecule has 2 rings (SSSR count). The first-order valence-corrected chi connectivity index (χ1v) is 5.57. The Hall–Kier alpha value is -0.000000000000000111. The van der Waals surface area contributed by atoms with Gasteiger partial charge in [-0.25, -0.2) is 0 Å². The molecule has 1 heterocycles. The number of fused-ring (bicyclic) bond motifs is 1. The molecular weight excluding hydrogens is 307 g/mol. The maximum absolute atomic E-state index is 9.38. The van der Waals surface area contributed by atoms with Crippen LogP contribution in [-0.2, 0) is 0 Å². The highest BCUT2D eigenvalue weighted by Gasteiger charge is 2.05. The van der Waals surface area contributed by atoms with Crippen LogP contribution in [0.5, 0.6) is 5.75 Å². The van der Waals surface area contributed by atoms with Gasteiger partial charge in [0.15, 0.2) is 0 Å². The molecule has 0 unspecified atom stereocenters. The predicted octanol–water partition coefficient (Wildman–Crippen LogP) is 3.86. The molecule has 0 saturated heterocycles. The molecule has 0 saturated carbocycles. The fourth-order valence-corrected chi connectivity index (χ4v) is 2.65. The Kier molecular flexibility index (Phi) is 2.18. The average Bonchev–Trinajstić information content (AvgIpc) is 2.35. The maximum atomic E-state index is 9.38. The SMILES string of the molecule is Oc1cc2scc(Cl)c2cc1I. The van der Waals surface area contributed by atoms with Gasteiger partial charge in [-0.15, -0.1) is 11.3 Å². The highest BCUT2D eigenvalue weighted by atomic mass is 127. The second-order valence-electron chi connectivity index (χ2n) is 2.38. The van der Waals surface area contributed by atoms with Crippen molar-refractivity contribution in [2.45, 2.75) is 0 Å². The third-order valence-electron chi connectivity index (χ3n) is 1.60. The summed E-state index contributed by atoms with van der Waals surface area (Å²) in [6, 6.07) is 3.64. The van der Waals surface area contributed by atoms with E-state index in [4.69, 9.17) is 11.6 Å². The number of halogens is 2. The average molecular weight is 311 g/mol. The molecular formula is C8H4ClIOS. The number of aromatic hydroxyl groups is 1. The van der Waals surface area contributed by atoms with Gasteiger partial charge in [-0.3, -0.25) is 0 Å². The van der Waals surface area contributed by atoms with Crippen molar-refractivity contribution >= 4 is 55.6 Å². The quantitative estimate of drug-likeness (QED) is 0.733. The molecule has 1 aromatic carbocycles. The van der Waals surface area contributed by atoms with Gasteiger partial charge in [-0.2, -0.15) is 0 Å². The van der Waals surface area contributed by atoms with Gasteiger partial charge in [-0.1, -0.05) is 11.6 Å². The van der Waals surface area contributed by atoms with E-state index in [0.717, 1.165) is 18.7 Å². The summed E-state index contributed by atoms with van der Waals surface area (Å²) in [5.74, 6) is 0.321. The minimum Gasteiger partial charge on any atom is -0.507 e. The lowest BCUT2D eigenvalue weighted by Gasteiger charge is -1.96. The molecule has 4 heteroatoms. The van der Waals surface area contributed by atoms with Crippen LogP contribution in [0.2, 0.25) is 5.02 Å². The van der Waals surface area contributed by atoms with Crippen molar-refractivity contribution in [3.8, 4) is 5.75 Å². The van der Waals surface area contributed by atoms with Crippen LogP contribution in [-0.4, -0.2) is 5.11 Å². The van der Waals surface area contributed by atoms with Crippen LogP contribution in [0.1, 0.15) is 0 Å². The van der Waals surface area contributed by atoms with Crippen LogP contribution < -0.4 is 0 Å². The van der Waals surface area contributed by atoms with Crippen molar-refractivity contribution in [1.29, 1.82) is 0 Å². The molecule has 12 heavy (non-hydrogen) atoms. The fourth-order valence-electron chi connectivity index (χ4n) is 1.01. The Labute approximate surface area is 92.1 Å². The molecule has 2 aromatic rings. The van der Waals surface area contributed by atoms with E-state index in [2.05, 4.69) is 22.6 Å². The van der Waals surface area contributed by atoms with E-state index in [9.17, 15) is 5.11 Å². The van der Waals surface area contributed by atoms with E-state index in [1.165, 1.54) is 0 Å². The first kappa shape index (κ1) is 8.59. The predicted molar refractivity (Wildman–Crippen MR) is 61.2 cm³/mol. The molecule has 0 amide bonds. The zero-order valence-electron chi connectivity index (χ0n) is 5.84. The van der Waals surface area contributed by atoms with Crippen molar-refractivity contribution in [2.24, 2.45) is 0 Å². The third-order valence-corrected chi connectivity index (χ3v) is 3.85. The van der Waals surface area contributed by atoms with E-state index in [1.54, 1.807) is 17.4 Å². The largest absolute Gasteiger partial charge is 0.507 e. The molecule has 62 valence electrons. The van der Waals surface area contributed by atoms with Crippen molar-refractivity contribution in [2.75, 3.05) is 0 Å². The zero-order valence-corrected chi connectivity index (χ0v) is 9.57. The van der Waals surface area contributed by atoms with Gasteiger partial charge in [0.2, 0.25) is 0 Å². The second kappa shape index (κ2) is 3.05. The summed E-state index contributed by atoms with van der Waals surface area (Å²) < 4.78 is 1.86. The second-order valence-corrected chi connectivity index (χ2v) is 4.86. The highest BCUT2D eigenvalue weighted by Crippen LogP contribution is 2.34. The summed E-state index contributed by atoms with van der Waals surface area (Å²) in [7, 11) is 0. The smallest absolute Gasteiger partial charge is 0.130 e. The molecule has 0 spiro atoms. The number of hydrogen-bond acceptors (Lipinski definition) is 2. The molecule has 1 aromatic heterocycles.